The molecule has 3 heterocycles. The molecule has 0 unspecified atom stereocenters. The molecular weight excluding hydrogens is 905 g/mol. The molecule has 6 rings (SSSR count). The van der Waals surface area contributed by atoms with Crippen LogP contribution in [-0.4, -0.2) is 112 Å². The van der Waals surface area contributed by atoms with Crippen molar-refractivity contribution >= 4 is 35.1 Å². The number of aromatic nitrogens is 3. The molecule has 2 amide bonds. The summed E-state index contributed by atoms with van der Waals surface area (Å²) in [6.07, 6.45) is 3.41. The summed E-state index contributed by atoms with van der Waals surface area (Å²) in [5.74, 6) is -2.56. The largest absolute Gasteiger partial charge is 0.486 e. The number of amides is 2. The van der Waals surface area contributed by atoms with Crippen molar-refractivity contribution in [1.82, 2.24) is 25.6 Å². The van der Waals surface area contributed by atoms with Crippen molar-refractivity contribution in [2.24, 2.45) is 30.7 Å². The van der Waals surface area contributed by atoms with E-state index in [9.17, 15) is 28.8 Å². The molecule has 71 heavy (non-hydrogen) atoms. The zero-order chi connectivity index (χ0) is 51.1. The van der Waals surface area contributed by atoms with Gasteiger partial charge in [0.25, 0.3) is 0 Å². The lowest BCUT2D eigenvalue weighted by atomic mass is 9.87. The molecule has 2 N–H and O–H groups in total. The highest BCUT2D eigenvalue weighted by Crippen LogP contribution is 2.32. The summed E-state index contributed by atoms with van der Waals surface area (Å²) < 4.78 is 24.9. The maximum atomic E-state index is 14.7. The minimum Gasteiger partial charge on any atom is -0.486 e. The Morgan fingerprint density at radius 2 is 1.44 bits per heavy atom. The molecule has 1 aromatic heterocycles. The van der Waals surface area contributed by atoms with E-state index in [0.29, 0.717) is 86.8 Å². The number of morpholine rings is 1. The summed E-state index contributed by atoms with van der Waals surface area (Å²) in [6.45, 7) is 13.8. The Labute approximate surface area is 418 Å². The van der Waals surface area contributed by atoms with Gasteiger partial charge in [-0.1, -0.05) is 93.6 Å². The molecule has 2 aliphatic rings. The zero-order valence-electron chi connectivity index (χ0n) is 42.5. The average Bonchev–Trinajstić information content (AvgIpc) is 3.95. The molecule has 2 aliphatic heterocycles. The summed E-state index contributed by atoms with van der Waals surface area (Å²) >= 11 is 0. The van der Waals surface area contributed by atoms with Gasteiger partial charge >= 0.3 is 5.97 Å². The highest BCUT2D eigenvalue weighted by atomic mass is 16.6. The van der Waals surface area contributed by atoms with Gasteiger partial charge in [-0.2, -0.15) is 0 Å². The van der Waals surface area contributed by atoms with E-state index in [-0.39, 0.29) is 61.6 Å². The van der Waals surface area contributed by atoms with Gasteiger partial charge in [-0.15, -0.1) is 5.10 Å². The van der Waals surface area contributed by atoms with Crippen molar-refractivity contribution in [3.63, 3.8) is 0 Å². The lowest BCUT2D eigenvalue weighted by Crippen LogP contribution is -2.57. The van der Waals surface area contributed by atoms with Crippen LogP contribution in [0.5, 0.6) is 11.5 Å². The maximum Gasteiger partial charge on any atom is 0.308 e. The topological polar surface area (TPSA) is 197 Å². The van der Waals surface area contributed by atoms with E-state index in [2.05, 4.69) is 20.9 Å². The number of benzene rings is 3. The quantitative estimate of drug-likeness (QED) is 0.0287. The normalized spacial score (nSPS) is 17.9. The molecule has 0 radical (unpaired) electrons. The Hall–Kier alpha value is -6.10. The van der Waals surface area contributed by atoms with Gasteiger partial charge in [0.1, 0.15) is 55.6 Å². The number of epoxide rings is 1. The second-order valence-corrected chi connectivity index (χ2v) is 20.5. The second-order valence-electron chi connectivity index (χ2n) is 20.5. The summed E-state index contributed by atoms with van der Waals surface area (Å²) in [6, 6.07) is 22.7. The van der Waals surface area contributed by atoms with Gasteiger partial charge < -0.3 is 34.1 Å². The molecule has 3 aromatic carbocycles. The first-order valence-corrected chi connectivity index (χ1v) is 25.0. The summed E-state index contributed by atoms with van der Waals surface area (Å²) in [4.78, 5) is 83.7. The van der Waals surface area contributed by atoms with E-state index < -0.39 is 47.3 Å². The second kappa shape index (κ2) is 25.3. The first-order valence-electron chi connectivity index (χ1n) is 25.0. The standard InChI is InChI=1S/C55H72N6O10/c1-37(2)26-48(50(64)30-44(28-41-16-12-9-13-17-41)54(67)57-49(27-38(3)4)52(65)55(6)36-70-55)56-53(66)42(19-18-40-14-10-8-11-15-40)29-46(63)34-61(22-24-68-25-23-61)33-43-20-21-47(71-39(5)62)31-51(43)69-35-45-32-60(7)59-58-45/h8-17,20-21,31-32,37-38,42,44,48-49H,18-19,22-30,33-36H2,1-7H3,(H-,56,57,66,67)/p+1/t42-,44-,48+,49+,55-/m1/s1. The first-order chi connectivity index (χ1) is 33.9. The van der Waals surface area contributed by atoms with Gasteiger partial charge in [-0.3, -0.25) is 33.4 Å². The summed E-state index contributed by atoms with van der Waals surface area (Å²) in [7, 11) is 1.76. The van der Waals surface area contributed by atoms with E-state index in [1.165, 1.54) is 6.92 Å². The van der Waals surface area contributed by atoms with Gasteiger partial charge in [-0.25, -0.2) is 0 Å². The van der Waals surface area contributed by atoms with Crippen molar-refractivity contribution in [2.45, 2.75) is 117 Å². The molecule has 2 saturated heterocycles. The predicted molar refractivity (Wildman–Crippen MR) is 266 cm³/mol. The lowest BCUT2D eigenvalue weighted by molar-refractivity contribution is -0.940. The molecular formula is C55H73N6O10+. The number of ether oxygens (including phenoxy) is 4. The van der Waals surface area contributed by atoms with Crippen LogP contribution in [0.1, 0.15) is 96.0 Å². The van der Waals surface area contributed by atoms with Crippen LogP contribution in [0.25, 0.3) is 0 Å². The Kier molecular flexibility index (Phi) is 19.4. The van der Waals surface area contributed by atoms with Crippen molar-refractivity contribution in [3.05, 3.63) is 107 Å². The van der Waals surface area contributed by atoms with Gasteiger partial charge in [0.15, 0.2) is 17.3 Å². The number of Topliss-reactive ketones (excluding diaryl/α,β-unsaturated/α-hetero) is 3. The van der Waals surface area contributed by atoms with E-state index in [1.807, 2.05) is 94.4 Å². The molecule has 16 nitrogen and oxygen atoms in total. The fourth-order valence-corrected chi connectivity index (χ4v) is 9.32. The van der Waals surface area contributed by atoms with Gasteiger partial charge in [-0.05, 0) is 74.1 Å². The summed E-state index contributed by atoms with van der Waals surface area (Å²) in [5.41, 5.74) is 2.33. The van der Waals surface area contributed by atoms with E-state index in [0.717, 1.165) is 16.7 Å². The van der Waals surface area contributed by atoms with E-state index in [4.69, 9.17) is 18.9 Å². The average molecular weight is 978 g/mol. The van der Waals surface area contributed by atoms with Crippen molar-refractivity contribution in [3.8, 4) is 11.5 Å². The van der Waals surface area contributed by atoms with Crippen LogP contribution in [0.4, 0.5) is 0 Å². The Morgan fingerprint density at radius 3 is 2.04 bits per heavy atom. The number of carbonyl (C=O) groups is 6. The zero-order valence-corrected chi connectivity index (χ0v) is 42.5. The van der Waals surface area contributed by atoms with Crippen LogP contribution < -0.4 is 20.1 Å². The number of ketones is 3. The third-order valence-electron chi connectivity index (χ3n) is 13.2. The van der Waals surface area contributed by atoms with Crippen molar-refractivity contribution in [1.29, 1.82) is 0 Å². The molecule has 0 spiro atoms. The van der Waals surface area contributed by atoms with Crippen LogP contribution in [0.2, 0.25) is 0 Å². The van der Waals surface area contributed by atoms with Gasteiger partial charge in [0.05, 0.1) is 38.1 Å². The first kappa shape index (κ1) is 54.2. The SMILES string of the molecule is CC(=O)Oc1ccc(C[N+]2(CC(=O)C[C@@H](CCc3ccccc3)C(=O)N[C@@H](CC(C)C)C(=O)C[C@@H](Cc3ccccc3)C(=O)N[C@@H](CC(C)C)C(=O)[C@@]3(C)CO3)CCOCC2)c(OCc2cn(C)nn2)c1. The van der Waals surface area contributed by atoms with E-state index >= 15 is 0 Å². The Morgan fingerprint density at radius 1 is 0.817 bits per heavy atom. The number of nitrogens with zero attached hydrogens (tertiary/aromatic N) is 4. The third kappa shape index (κ3) is 16.8. The third-order valence-corrected chi connectivity index (χ3v) is 13.2. The fraction of sp³-hybridized carbons (Fsp3) is 0.527. The molecule has 2 fully saturated rings. The molecule has 0 aliphatic carbocycles. The number of quaternary nitrogens is 1. The summed E-state index contributed by atoms with van der Waals surface area (Å²) in [5, 5.41) is 14.2. The van der Waals surface area contributed by atoms with Crippen LogP contribution in [0.15, 0.2) is 85.1 Å². The molecule has 16 heteroatoms. The number of rotatable bonds is 28. The molecule has 382 valence electrons. The fourth-order valence-electron chi connectivity index (χ4n) is 9.32. The minimum atomic E-state index is -0.940. The number of hydrogen-bond donors (Lipinski definition) is 2. The highest BCUT2D eigenvalue weighted by Gasteiger charge is 2.50. The number of nitrogens with one attached hydrogen (secondary N) is 2. The van der Waals surface area contributed by atoms with Crippen LogP contribution in [-0.2, 0) is 71.3 Å². The van der Waals surface area contributed by atoms with Crippen molar-refractivity contribution in [2.75, 3.05) is 39.5 Å². The van der Waals surface area contributed by atoms with Gasteiger partial charge in [0, 0.05) is 50.3 Å². The van der Waals surface area contributed by atoms with Crippen LogP contribution in [0.3, 0.4) is 0 Å². The van der Waals surface area contributed by atoms with Crippen LogP contribution >= 0.6 is 0 Å². The number of esters is 1. The lowest BCUT2D eigenvalue weighted by Gasteiger charge is -2.41. The minimum absolute atomic E-state index is 0.00522. The monoisotopic (exact) mass is 978 g/mol. The van der Waals surface area contributed by atoms with E-state index in [1.54, 1.807) is 37.0 Å². The Bertz CT molecular complexity index is 2430. The molecule has 0 bridgehead atoms. The molecule has 5 atom stereocenters. The molecule has 4 aromatic rings. The number of carbonyl (C=O) groups excluding carboxylic acids is 6. The highest BCUT2D eigenvalue weighted by molar-refractivity contribution is 5.98. The maximum absolute atomic E-state index is 14.7. The predicted octanol–water partition coefficient (Wildman–Crippen LogP) is 6.11. The Balaban J connectivity index is 1.22. The smallest absolute Gasteiger partial charge is 0.308 e. The van der Waals surface area contributed by atoms with Gasteiger partial charge in [0.2, 0.25) is 11.8 Å². The number of hydrogen-bond acceptors (Lipinski definition) is 12. The van der Waals surface area contributed by atoms with Crippen molar-refractivity contribution < 1.29 is 52.2 Å². The number of aryl methyl sites for hydroxylation is 2. The van der Waals surface area contributed by atoms with Crippen LogP contribution in [0, 0.1) is 23.7 Å². The molecule has 0 saturated carbocycles.